The predicted octanol–water partition coefficient (Wildman–Crippen LogP) is 3.94. The smallest absolute Gasteiger partial charge is 0.237 e. The molecule has 1 aliphatic carbocycles. The van der Waals surface area contributed by atoms with Crippen molar-refractivity contribution in [2.75, 3.05) is 23.7 Å². The number of fused-ring (bicyclic) bond motifs is 3. The van der Waals surface area contributed by atoms with E-state index in [9.17, 15) is 9.59 Å². The second-order valence-corrected chi connectivity index (χ2v) is 10.3. The number of hydrogen-bond acceptors (Lipinski definition) is 3. The molecule has 4 rings (SSSR count). The number of thioether (sulfide) groups is 1. The van der Waals surface area contributed by atoms with Crippen molar-refractivity contribution in [3.63, 3.8) is 0 Å². The van der Waals surface area contributed by atoms with Crippen LogP contribution in [-0.4, -0.2) is 41.6 Å². The van der Waals surface area contributed by atoms with Crippen LogP contribution in [0.4, 0.5) is 5.69 Å². The number of anilines is 1. The van der Waals surface area contributed by atoms with E-state index in [1.165, 1.54) is 6.42 Å². The van der Waals surface area contributed by atoms with Gasteiger partial charge in [0.2, 0.25) is 11.8 Å². The number of amides is 2. The second kappa shape index (κ2) is 6.29. The Balaban J connectivity index is 1.44. The summed E-state index contributed by atoms with van der Waals surface area (Å²) in [5, 5.41) is 0. The lowest BCUT2D eigenvalue weighted by Gasteiger charge is -2.39. The minimum atomic E-state index is 0.106. The number of hydrogen-bond donors (Lipinski definition) is 0. The van der Waals surface area contributed by atoms with E-state index in [0.29, 0.717) is 30.2 Å². The number of carbonyl (C=O) groups excluding carboxylic acids is 2. The summed E-state index contributed by atoms with van der Waals surface area (Å²) in [5.74, 6) is 0.777. The van der Waals surface area contributed by atoms with Crippen molar-refractivity contribution in [3.05, 3.63) is 24.3 Å². The third kappa shape index (κ3) is 3.26. The van der Waals surface area contributed by atoms with E-state index < -0.39 is 0 Å². The van der Waals surface area contributed by atoms with Gasteiger partial charge in [0.1, 0.15) is 0 Å². The fourth-order valence-electron chi connectivity index (χ4n) is 5.50. The molecule has 2 unspecified atom stereocenters. The van der Waals surface area contributed by atoms with E-state index in [0.717, 1.165) is 30.0 Å². The van der Waals surface area contributed by atoms with Gasteiger partial charge >= 0.3 is 0 Å². The first kappa shape index (κ1) is 17.9. The Morgan fingerprint density at radius 3 is 2.81 bits per heavy atom. The summed E-state index contributed by atoms with van der Waals surface area (Å²) >= 11 is 1.59. The summed E-state index contributed by atoms with van der Waals surface area (Å²) in [7, 11) is 0. The van der Waals surface area contributed by atoms with Gasteiger partial charge in [-0.15, -0.1) is 11.8 Å². The monoisotopic (exact) mass is 372 g/mol. The maximum atomic E-state index is 13.0. The highest BCUT2D eigenvalue weighted by Crippen LogP contribution is 2.52. The summed E-state index contributed by atoms with van der Waals surface area (Å²) in [5.41, 5.74) is 1.52. The molecule has 0 N–H and O–H groups in total. The second-order valence-electron chi connectivity index (χ2n) is 9.29. The van der Waals surface area contributed by atoms with Crippen LogP contribution < -0.4 is 4.90 Å². The normalized spacial score (nSPS) is 29.7. The molecule has 5 heteroatoms. The zero-order valence-corrected chi connectivity index (χ0v) is 16.8. The fraction of sp³-hybridized carbons (Fsp3) is 0.619. The van der Waals surface area contributed by atoms with Crippen LogP contribution in [0.5, 0.6) is 0 Å². The molecule has 4 nitrogen and oxygen atoms in total. The average molecular weight is 373 g/mol. The first-order chi connectivity index (χ1) is 12.3. The van der Waals surface area contributed by atoms with Gasteiger partial charge in [-0.2, -0.15) is 0 Å². The molecule has 2 aliphatic heterocycles. The third-order valence-electron chi connectivity index (χ3n) is 6.09. The Morgan fingerprint density at radius 2 is 2.00 bits per heavy atom. The minimum Gasteiger partial charge on any atom is -0.339 e. The quantitative estimate of drug-likeness (QED) is 0.807. The maximum Gasteiger partial charge on any atom is 0.237 e. The number of likely N-dealkylation sites (tertiary alicyclic amines) is 1. The lowest BCUT2D eigenvalue weighted by atomic mass is 9.65. The molecule has 2 heterocycles. The Hall–Kier alpha value is -1.49. The maximum absolute atomic E-state index is 13.0. The lowest BCUT2D eigenvalue weighted by Crippen LogP contribution is -2.41. The summed E-state index contributed by atoms with van der Waals surface area (Å²) in [4.78, 5) is 30.4. The summed E-state index contributed by atoms with van der Waals surface area (Å²) in [6, 6.07) is 8.36. The van der Waals surface area contributed by atoms with Gasteiger partial charge in [-0.3, -0.25) is 9.59 Å². The SMILES string of the molecule is CC1(C)CC2CC(C)(CN2C(=O)CCN2C(=O)CSc3ccccc32)C1. The predicted molar refractivity (Wildman–Crippen MR) is 105 cm³/mol. The highest BCUT2D eigenvalue weighted by molar-refractivity contribution is 8.00. The molecule has 0 radical (unpaired) electrons. The Kier molecular flexibility index (Phi) is 4.33. The van der Waals surface area contributed by atoms with Gasteiger partial charge in [0.05, 0.1) is 11.4 Å². The van der Waals surface area contributed by atoms with Crippen molar-refractivity contribution < 1.29 is 9.59 Å². The van der Waals surface area contributed by atoms with Gasteiger partial charge in [-0.25, -0.2) is 0 Å². The molecule has 0 aromatic heterocycles. The number of para-hydroxylation sites is 1. The number of nitrogens with zero attached hydrogens (tertiary/aromatic N) is 2. The van der Waals surface area contributed by atoms with Crippen LogP contribution in [0, 0.1) is 10.8 Å². The Morgan fingerprint density at radius 1 is 1.23 bits per heavy atom. The lowest BCUT2D eigenvalue weighted by molar-refractivity contribution is -0.132. The zero-order chi connectivity index (χ0) is 18.5. The van der Waals surface area contributed by atoms with Crippen LogP contribution >= 0.6 is 11.8 Å². The highest BCUT2D eigenvalue weighted by atomic mass is 32.2. The van der Waals surface area contributed by atoms with Gasteiger partial charge < -0.3 is 9.80 Å². The van der Waals surface area contributed by atoms with Crippen molar-refractivity contribution in [3.8, 4) is 0 Å². The fourth-order valence-corrected chi connectivity index (χ4v) is 6.44. The zero-order valence-electron chi connectivity index (χ0n) is 16.0. The van der Waals surface area contributed by atoms with Gasteiger partial charge in [0.25, 0.3) is 0 Å². The minimum absolute atomic E-state index is 0.106. The van der Waals surface area contributed by atoms with Crippen molar-refractivity contribution in [2.45, 2.75) is 57.4 Å². The average Bonchev–Trinajstić information content (AvgIpc) is 2.82. The van der Waals surface area contributed by atoms with E-state index in [2.05, 4.69) is 25.7 Å². The van der Waals surface area contributed by atoms with Gasteiger partial charge in [-0.1, -0.05) is 32.9 Å². The molecule has 2 fully saturated rings. The molecule has 140 valence electrons. The molecule has 1 aromatic carbocycles. The van der Waals surface area contributed by atoms with E-state index in [4.69, 9.17) is 0 Å². The van der Waals surface area contributed by atoms with Gasteiger partial charge in [0.15, 0.2) is 0 Å². The summed E-state index contributed by atoms with van der Waals surface area (Å²) in [6.45, 7) is 8.34. The van der Waals surface area contributed by atoms with Crippen LogP contribution in [-0.2, 0) is 9.59 Å². The van der Waals surface area contributed by atoms with Crippen molar-refractivity contribution in [2.24, 2.45) is 10.8 Å². The summed E-state index contributed by atoms with van der Waals surface area (Å²) in [6.07, 6.45) is 3.83. The number of benzene rings is 1. The molecule has 0 spiro atoms. The first-order valence-electron chi connectivity index (χ1n) is 9.58. The van der Waals surface area contributed by atoms with Crippen LogP contribution in [0.2, 0.25) is 0 Å². The van der Waals surface area contributed by atoms with Gasteiger partial charge in [0, 0.05) is 30.4 Å². The highest BCUT2D eigenvalue weighted by Gasteiger charge is 2.50. The molecule has 2 bridgehead atoms. The molecular formula is C21H28N2O2S. The topological polar surface area (TPSA) is 40.6 Å². The van der Waals surface area contributed by atoms with Crippen LogP contribution in [0.15, 0.2) is 29.2 Å². The molecule has 26 heavy (non-hydrogen) atoms. The van der Waals surface area contributed by atoms with E-state index >= 15 is 0 Å². The van der Waals surface area contributed by atoms with E-state index in [1.54, 1.807) is 16.7 Å². The Labute approximate surface area is 160 Å². The van der Waals surface area contributed by atoms with Crippen molar-refractivity contribution >= 4 is 29.3 Å². The van der Waals surface area contributed by atoms with Crippen LogP contribution in [0.25, 0.3) is 0 Å². The third-order valence-corrected chi connectivity index (χ3v) is 7.14. The van der Waals surface area contributed by atoms with Crippen LogP contribution in [0.1, 0.15) is 46.5 Å². The molecule has 1 saturated heterocycles. The summed E-state index contributed by atoms with van der Waals surface area (Å²) < 4.78 is 0. The van der Waals surface area contributed by atoms with E-state index in [-0.39, 0.29) is 17.2 Å². The number of rotatable bonds is 3. The molecular weight excluding hydrogens is 344 g/mol. The Bertz CT molecular complexity index is 747. The van der Waals surface area contributed by atoms with Crippen molar-refractivity contribution in [1.29, 1.82) is 0 Å². The molecule has 3 aliphatic rings. The van der Waals surface area contributed by atoms with Gasteiger partial charge in [-0.05, 0) is 42.2 Å². The van der Waals surface area contributed by atoms with Crippen molar-refractivity contribution in [1.82, 2.24) is 4.90 Å². The molecule has 1 saturated carbocycles. The number of carbonyl (C=O) groups is 2. The standard InChI is InChI=1S/C21H28N2O2S/c1-20(2)10-15-11-21(3,13-20)14-23(15)18(24)8-9-22-16-6-4-5-7-17(16)26-12-19(22)25/h4-7,15H,8-14H2,1-3H3. The molecule has 2 amide bonds. The molecule has 1 aromatic rings. The molecule has 2 atom stereocenters. The first-order valence-corrected chi connectivity index (χ1v) is 10.6. The van der Waals surface area contributed by atoms with Crippen LogP contribution in [0.3, 0.4) is 0 Å². The van der Waals surface area contributed by atoms with E-state index in [1.807, 2.05) is 24.3 Å². The largest absolute Gasteiger partial charge is 0.339 e.